The predicted octanol–water partition coefficient (Wildman–Crippen LogP) is 1.98. The Morgan fingerprint density at radius 2 is 1.39 bits per heavy atom. The highest BCUT2D eigenvalue weighted by atomic mass is 32.2. The molecular formula is C22H25N5O3S. The van der Waals surface area contributed by atoms with E-state index >= 15 is 0 Å². The summed E-state index contributed by atoms with van der Waals surface area (Å²) >= 11 is 0. The number of rotatable bonds is 4. The summed E-state index contributed by atoms with van der Waals surface area (Å²) in [7, 11) is -3.53. The number of aromatic nitrogens is 2. The maximum absolute atomic E-state index is 13.2. The van der Waals surface area contributed by atoms with Gasteiger partial charge in [0.05, 0.1) is 18.1 Å². The zero-order chi connectivity index (χ0) is 21.3. The second-order valence-corrected chi connectivity index (χ2v) is 9.67. The van der Waals surface area contributed by atoms with Crippen molar-refractivity contribution in [3.8, 4) is 0 Å². The van der Waals surface area contributed by atoms with Gasteiger partial charge in [-0.05, 0) is 22.9 Å². The molecule has 2 aliphatic rings. The lowest BCUT2D eigenvalue weighted by Gasteiger charge is -2.35. The van der Waals surface area contributed by atoms with Crippen molar-refractivity contribution >= 4 is 32.4 Å². The Balaban J connectivity index is 1.29. The molecule has 0 atom stereocenters. The van der Waals surface area contributed by atoms with Crippen LogP contribution in [0.1, 0.15) is 0 Å². The molecule has 2 aromatic carbocycles. The van der Waals surface area contributed by atoms with E-state index in [0.29, 0.717) is 44.3 Å². The summed E-state index contributed by atoms with van der Waals surface area (Å²) in [4.78, 5) is 13.5. The lowest BCUT2D eigenvalue weighted by molar-refractivity contribution is 0.122. The molecule has 3 heterocycles. The van der Waals surface area contributed by atoms with Gasteiger partial charge in [-0.3, -0.25) is 0 Å². The van der Waals surface area contributed by atoms with Crippen molar-refractivity contribution < 1.29 is 13.2 Å². The van der Waals surface area contributed by atoms with Crippen molar-refractivity contribution in [2.75, 3.05) is 62.3 Å². The number of morpholine rings is 1. The zero-order valence-electron chi connectivity index (χ0n) is 17.2. The molecule has 1 aromatic heterocycles. The first-order valence-electron chi connectivity index (χ1n) is 10.5. The highest BCUT2D eigenvalue weighted by molar-refractivity contribution is 7.89. The second kappa shape index (κ2) is 8.41. The van der Waals surface area contributed by atoms with Gasteiger partial charge < -0.3 is 14.5 Å². The first-order valence-corrected chi connectivity index (χ1v) is 11.9. The van der Waals surface area contributed by atoms with Crippen molar-refractivity contribution in [2.45, 2.75) is 4.90 Å². The highest BCUT2D eigenvalue weighted by Gasteiger charge is 2.29. The Labute approximate surface area is 182 Å². The molecule has 2 saturated heterocycles. The molecule has 0 saturated carbocycles. The molecule has 0 aliphatic carbocycles. The summed E-state index contributed by atoms with van der Waals surface area (Å²) < 4.78 is 33.4. The molecular weight excluding hydrogens is 414 g/mol. The van der Waals surface area contributed by atoms with Gasteiger partial charge in [-0.2, -0.15) is 4.31 Å². The molecule has 0 N–H and O–H groups in total. The molecule has 9 heteroatoms. The fraction of sp³-hybridized carbons (Fsp3) is 0.364. The van der Waals surface area contributed by atoms with E-state index in [9.17, 15) is 8.42 Å². The Hall–Kier alpha value is -2.75. The summed E-state index contributed by atoms with van der Waals surface area (Å²) in [6, 6.07) is 15.1. The number of hydrogen-bond donors (Lipinski definition) is 0. The average Bonchev–Trinajstić information content (AvgIpc) is 2.84. The number of piperazine rings is 1. The third-order valence-electron chi connectivity index (χ3n) is 5.89. The molecule has 2 aliphatic heterocycles. The van der Waals surface area contributed by atoms with Gasteiger partial charge in [0.2, 0.25) is 10.0 Å². The summed E-state index contributed by atoms with van der Waals surface area (Å²) in [5.74, 6) is 1.72. The van der Waals surface area contributed by atoms with Gasteiger partial charge in [-0.1, -0.05) is 30.3 Å². The largest absolute Gasteiger partial charge is 0.378 e. The van der Waals surface area contributed by atoms with Crippen molar-refractivity contribution in [1.82, 2.24) is 14.3 Å². The van der Waals surface area contributed by atoms with Gasteiger partial charge in [0.1, 0.15) is 18.0 Å². The summed E-state index contributed by atoms with van der Waals surface area (Å²) in [6.45, 7) is 5.05. The Morgan fingerprint density at radius 1 is 0.742 bits per heavy atom. The van der Waals surface area contributed by atoms with Crippen molar-refractivity contribution in [2.24, 2.45) is 0 Å². The SMILES string of the molecule is O=S(=O)(c1ccc2ccccc2c1)N1CCN(c2cc(N3CCOCC3)ncn2)CC1. The molecule has 3 aromatic rings. The van der Waals surface area contributed by atoms with E-state index in [1.807, 2.05) is 36.4 Å². The zero-order valence-corrected chi connectivity index (χ0v) is 18.0. The van der Waals surface area contributed by atoms with Crippen LogP contribution in [0.2, 0.25) is 0 Å². The van der Waals surface area contributed by atoms with Crippen LogP contribution in [0.15, 0.2) is 59.8 Å². The minimum absolute atomic E-state index is 0.344. The van der Waals surface area contributed by atoms with Crippen LogP contribution >= 0.6 is 0 Å². The van der Waals surface area contributed by atoms with E-state index in [1.165, 1.54) is 0 Å². The molecule has 0 radical (unpaired) electrons. The minimum atomic E-state index is -3.53. The van der Waals surface area contributed by atoms with Crippen molar-refractivity contribution in [3.05, 3.63) is 54.9 Å². The van der Waals surface area contributed by atoms with Crippen molar-refractivity contribution in [1.29, 1.82) is 0 Å². The molecule has 162 valence electrons. The number of nitrogens with zero attached hydrogens (tertiary/aromatic N) is 5. The van der Waals surface area contributed by atoms with Gasteiger partial charge in [0.15, 0.2) is 0 Å². The number of hydrogen-bond acceptors (Lipinski definition) is 7. The van der Waals surface area contributed by atoms with Gasteiger partial charge in [-0.15, -0.1) is 0 Å². The third kappa shape index (κ3) is 4.08. The van der Waals surface area contributed by atoms with E-state index in [4.69, 9.17) is 4.74 Å². The molecule has 0 unspecified atom stereocenters. The van der Waals surface area contributed by atoms with E-state index in [1.54, 1.807) is 22.8 Å². The van der Waals surface area contributed by atoms with E-state index in [-0.39, 0.29) is 0 Å². The van der Waals surface area contributed by atoms with Crippen LogP contribution in [0, 0.1) is 0 Å². The topological polar surface area (TPSA) is 78.9 Å². The minimum Gasteiger partial charge on any atom is -0.378 e. The summed E-state index contributed by atoms with van der Waals surface area (Å²) in [5.41, 5.74) is 0. The van der Waals surface area contributed by atoms with E-state index in [0.717, 1.165) is 35.5 Å². The molecule has 5 rings (SSSR count). The Kier molecular flexibility index (Phi) is 5.47. The first-order chi connectivity index (χ1) is 15.1. The quantitative estimate of drug-likeness (QED) is 0.615. The molecule has 0 bridgehead atoms. The van der Waals surface area contributed by atoms with Crippen LogP contribution in [0.4, 0.5) is 11.6 Å². The fourth-order valence-electron chi connectivity index (χ4n) is 4.11. The van der Waals surface area contributed by atoms with Crippen LogP contribution in [0.5, 0.6) is 0 Å². The predicted molar refractivity (Wildman–Crippen MR) is 120 cm³/mol. The summed E-state index contributed by atoms with van der Waals surface area (Å²) in [5, 5.41) is 1.96. The third-order valence-corrected chi connectivity index (χ3v) is 7.79. The molecule has 31 heavy (non-hydrogen) atoms. The van der Waals surface area contributed by atoms with Crippen LogP contribution in [-0.4, -0.2) is 75.2 Å². The first kappa shape index (κ1) is 20.2. The van der Waals surface area contributed by atoms with Gasteiger partial charge in [0, 0.05) is 45.3 Å². The Morgan fingerprint density at radius 3 is 2.10 bits per heavy atom. The molecule has 0 spiro atoms. The van der Waals surface area contributed by atoms with E-state index in [2.05, 4.69) is 19.8 Å². The number of sulfonamides is 1. The molecule has 0 amide bonds. The van der Waals surface area contributed by atoms with Gasteiger partial charge in [-0.25, -0.2) is 18.4 Å². The van der Waals surface area contributed by atoms with Crippen LogP contribution < -0.4 is 9.80 Å². The standard InChI is InChI=1S/C22H25N5O3S/c28-31(29,20-6-5-18-3-1-2-4-19(18)15-20)27-9-7-25(8-10-27)21-16-22(24-17-23-21)26-11-13-30-14-12-26/h1-6,15-17H,7-14H2. The number of ether oxygens (including phenoxy) is 1. The van der Waals surface area contributed by atoms with Crippen molar-refractivity contribution in [3.63, 3.8) is 0 Å². The second-order valence-electron chi connectivity index (χ2n) is 7.73. The monoisotopic (exact) mass is 439 g/mol. The van der Waals surface area contributed by atoms with Crippen LogP contribution in [-0.2, 0) is 14.8 Å². The maximum atomic E-state index is 13.2. The average molecular weight is 440 g/mol. The lowest BCUT2D eigenvalue weighted by atomic mass is 10.1. The van der Waals surface area contributed by atoms with E-state index < -0.39 is 10.0 Å². The number of anilines is 2. The highest BCUT2D eigenvalue weighted by Crippen LogP contribution is 2.25. The maximum Gasteiger partial charge on any atom is 0.243 e. The fourth-order valence-corrected chi connectivity index (χ4v) is 5.57. The molecule has 8 nitrogen and oxygen atoms in total. The Bertz CT molecular complexity index is 1170. The van der Waals surface area contributed by atoms with Crippen LogP contribution in [0.3, 0.4) is 0 Å². The number of benzene rings is 2. The number of fused-ring (bicyclic) bond motifs is 1. The lowest BCUT2D eigenvalue weighted by Crippen LogP contribution is -2.49. The normalized spacial score (nSPS) is 18.5. The van der Waals surface area contributed by atoms with Gasteiger partial charge in [0.25, 0.3) is 0 Å². The smallest absolute Gasteiger partial charge is 0.243 e. The summed E-state index contributed by atoms with van der Waals surface area (Å²) in [6.07, 6.45) is 1.58. The van der Waals surface area contributed by atoms with Gasteiger partial charge >= 0.3 is 0 Å². The van der Waals surface area contributed by atoms with Crippen LogP contribution in [0.25, 0.3) is 10.8 Å². The molecule has 2 fully saturated rings.